The predicted octanol–water partition coefficient (Wildman–Crippen LogP) is 3.60. The second-order valence-corrected chi connectivity index (χ2v) is 4.99. The molecule has 84 valence electrons. The zero-order chi connectivity index (χ0) is 11.7. The van der Waals surface area contributed by atoms with Crippen LogP contribution in [0.1, 0.15) is 24.4 Å². The van der Waals surface area contributed by atoms with Crippen LogP contribution in [0.3, 0.4) is 0 Å². The van der Waals surface area contributed by atoms with E-state index in [0.717, 1.165) is 8.96 Å². The highest BCUT2D eigenvalue weighted by molar-refractivity contribution is 14.1. The van der Waals surface area contributed by atoms with Crippen LogP contribution in [0, 0.1) is 3.57 Å². The van der Waals surface area contributed by atoms with Gasteiger partial charge in [0.15, 0.2) is 0 Å². The molecule has 0 aliphatic rings. The van der Waals surface area contributed by atoms with Gasteiger partial charge >= 0.3 is 5.97 Å². The number of ether oxygens (including phenoxy) is 1. The fraction of sp³-hybridized carbons (Fsp3) is 0.250. The third kappa shape index (κ3) is 2.37. The van der Waals surface area contributed by atoms with Crippen molar-refractivity contribution >= 4 is 39.5 Å². The Balaban J connectivity index is 2.36. The van der Waals surface area contributed by atoms with Crippen LogP contribution >= 0.6 is 22.6 Å². The number of benzene rings is 1. The lowest BCUT2D eigenvalue weighted by Crippen LogP contribution is -2.10. The van der Waals surface area contributed by atoms with Gasteiger partial charge in [0.25, 0.3) is 0 Å². The highest BCUT2D eigenvalue weighted by Gasteiger charge is 2.14. The number of furan rings is 1. The van der Waals surface area contributed by atoms with Gasteiger partial charge in [0.2, 0.25) is 5.76 Å². The first-order valence-corrected chi connectivity index (χ1v) is 6.04. The van der Waals surface area contributed by atoms with Gasteiger partial charge in [-0.2, -0.15) is 0 Å². The van der Waals surface area contributed by atoms with Crippen molar-refractivity contribution in [1.82, 2.24) is 0 Å². The van der Waals surface area contributed by atoms with E-state index in [-0.39, 0.29) is 11.9 Å². The number of halogens is 1. The van der Waals surface area contributed by atoms with Crippen LogP contribution in [0.5, 0.6) is 0 Å². The first kappa shape index (κ1) is 11.4. The van der Waals surface area contributed by atoms with Gasteiger partial charge in [-0.05, 0) is 60.7 Å². The summed E-state index contributed by atoms with van der Waals surface area (Å²) in [6.45, 7) is 3.62. The summed E-state index contributed by atoms with van der Waals surface area (Å²) < 4.78 is 11.6. The van der Waals surface area contributed by atoms with E-state index in [1.54, 1.807) is 6.07 Å². The van der Waals surface area contributed by atoms with Gasteiger partial charge in [0.05, 0.1) is 6.10 Å². The van der Waals surface area contributed by atoms with E-state index in [0.29, 0.717) is 5.58 Å². The van der Waals surface area contributed by atoms with Crippen molar-refractivity contribution in [3.63, 3.8) is 0 Å². The summed E-state index contributed by atoms with van der Waals surface area (Å²) in [5.74, 6) is -0.160. The SMILES string of the molecule is CC(C)OC(=O)c1cc2cc(I)ccc2o1. The van der Waals surface area contributed by atoms with E-state index >= 15 is 0 Å². The Hall–Kier alpha value is -1.04. The average Bonchev–Trinajstić information content (AvgIpc) is 2.59. The Kier molecular flexibility index (Phi) is 3.18. The molecule has 0 saturated carbocycles. The van der Waals surface area contributed by atoms with Crippen LogP contribution < -0.4 is 0 Å². The number of carbonyl (C=O) groups is 1. The highest BCUT2D eigenvalue weighted by atomic mass is 127. The molecule has 0 atom stereocenters. The summed E-state index contributed by atoms with van der Waals surface area (Å²) >= 11 is 2.22. The molecule has 2 aromatic rings. The zero-order valence-corrected chi connectivity index (χ0v) is 11.1. The molecule has 0 saturated heterocycles. The van der Waals surface area contributed by atoms with E-state index in [9.17, 15) is 4.79 Å². The van der Waals surface area contributed by atoms with Gasteiger partial charge < -0.3 is 9.15 Å². The van der Waals surface area contributed by atoms with Crippen molar-refractivity contribution in [3.05, 3.63) is 33.6 Å². The monoisotopic (exact) mass is 330 g/mol. The van der Waals surface area contributed by atoms with Gasteiger partial charge in [0, 0.05) is 8.96 Å². The Morgan fingerprint density at radius 1 is 1.38 bits per heavy atom. The molecule has 16 heavy (non-hydrogen) atoms. The minimum absolute atomic E-state index is 0.138. The van der Waals surface area contributed by atoms with E-state index in [1.807, 2.05) is 32.0 Å². The topological polar surface area (TPSA) is 39.4 Å². The van der Waals surface area contributed by atoms with Crippen molar-refractivity contribution in [2.75, 3.05) is 0 Å². The normalized spacial score (nSPS) is 11.0. The molecule has 0 amide bonds. The van der Waals surface area contributed by atoms with E-state index in [4.69, 9.17) is 9.15 Å². The number of esters is 1. The van der Waals surface area contributed by atoms with Crippen LogP contribution in [-0.4, -0.2) is 12.1 Å². The third-order valence-electron chi connectivity index (χ3n) is 2.02. The summed E-state index contributed by atoms with van der Waals surface area (Å²) in [6, 6.07) is 7.46. The first-order chi connectivity index (χ1) is 7.56. The number of rotatable bonds is 2. The number of hydrogen-bond acceptors (Lipinski definition) is 3. The Labute approximate surface area is 107 Å². The van der Waals surface area contributed by atoms with Gasteiger partial charge in [-0.1, -0.05) is 0 Å². The number of carbonyl (C=O) groups excluding carboxylic acids is 1. The molecule has 0 N–H and O–H groups in total. The standard InChI is InChI=1S/C12H11IO3/c1-7(2)15-12(14)11-6-8-5-9(13)3-4-10(8)16-11/h3-7H,1-2H3. The minimum Gasteiger partial charge on any atom is -0.457 e. The van der Waals surface area contributed by atoms with Crippen LogP contribution in [-0.2, 0) is 4.74 Å². The molecule has 0 spiro atoms. The third-order valence-corrected chi connectivity index (χ3v) is 2.69. The largest absolute Gasteiger partial charge is 0.457 e. The van der Waals surface area contributed by atoms with Crippen molar-refractivity contribution in [3.8, 4) is 0 Å². The fourth-order valence-electron chi connectivity index (χ4n) is 1.39. The van der Waals surface area contributed by atoms with Crippen LogP contribution in [0.15, 0.2) is 28.7 Å². The van der Waals surface area contributed by atoms with Crippen LogP contribution in [0.4, 0.5) is 0 Å². The van der Waals surface area contributed by atoms with Crippen LogP contribution in [0.25, 0.3) is 11.0 Å². The molecule has 0 aliphatic carbocycles. The molecule has 0 radical (unpaired) electrons. The van der Waals surface area contributed by atoms with E-state index in [2.05, 4.69) is 22.6 Å². The molecule has 1 aromatic heterocycles. The molecule has 0 aliphatic heterocycles. The average molecular weight is 330 g/mol. The molecule has 1 heterocycles. The molecule has 2 rings (SSSR count). The molecule has 4 heteroatoms. The molecular weight excluding hydrogens is 319 g/mol. The van der Waals surface area contributed by atoms with Gasteiger partial charge in [-0.25, -0.2) is 4.79 Å². The highest BCUT2D eigenvalue weighted by Crippen LogP contribution is 2.22. The summed E-state index contributed by atoms with van der Waals surface area (Å²) in [7, 11) is 0. The lowest BCUT2D eigenvalue weighted by atomic mass is 10.2. The predicted molar refractivity (Wildman–Crippen MR) is 69.5 cm³/mol. The van der Waals surface area contributed by atoms with E-state index < -0.39 is 5.97 Å². The van der Waals surface area contributed by atoms with Crippen LogP contribution in [0.2, 0.25) is 0 Å². The van der Waals surface area contributed by atoms with Gasteiger partial charge in [0.1, 0.15) is 5.58 Å². The van der Waals surface area contributed by atoms with Gasteiger partial charge in [-0.15, -0.1) is 0 Å². The Bertz CT molecular complexity index is 528. The van der Waals surface area contributed by atoms with E-state index in [1.165, 1.54) is 0 Å². The molecule has 0 bridgehead atoms. The molecule has 1 aromatic carbocycles. The zero-order valence-electron chi connectivity index (χ0n) is 8.99. The fourth-order valence-corrected chi connectivity index (χ4v) is 1.90. The summed E-state index contributed by atoms with van der Waals surface area (Å²) in [6.07, 6.45) is -0.138. The second kappa shape index (κ2) is 4.45. The lowest BCUT2D eigenvalue weighted by molar-refractivity contribution is 0.0344. The molecule has 3 nitrogen and oxygen atoms in total. The Morgan fingerprint density at radius 2 is 2.12 bits per heavy atom. The maximum absolute atomic E-state index is 11.6. The smallest absolute Gasteiger partial charge is 0.374 e. The summed E-state index contributed by atoms with van der Waals surface area (Å²) in [5, 5.41) is 0.919. The maximum atomic E-state index is 11.6. The molecular formula is C12H11IO3. The minimum atomic E-state index is -0.416. The van der Waals surface area contributed by atoms with Crippen molar-refractivity contribution in [1.29, 1.82) is 0 Å². The Morgan fingerprint density at radius 3 is 2.81 bits per heavy atom. The summed E-state index contributed by atoms with van der Waals surface area (Å²) in [4.78, 5) is 11.6. The van der Waals surface area contributed by atoms with Crippen molar-refractivity contribution in [2.24, 2.45) is 0 Å². The quantitative estimate of drug-likeness (QED) is 0.624. The maximum Gasteiger partial charge on any atom is 0.374 e. The second-order valence-electron chi connectivity index (χ2n) is 3.75. The molecule has 0 unspecified atom stereocenters. The van der Waals surface area contributed by atoms with Crippen molar-refractivity contribution in [2.45, 2.75) is 20.0 Å². The number of fused-ring (bicyclic) bond motifs is 1. The molecule has 0 fully saturated rings. The first-order valence-electron chi connectivity index (χ1n) is 4.96. The number of hydrogen-bond donors (Lipinski definition) is 0. The van der Waals surface area contributed by atoms with Gasteiger partial charge in [-0.3, -0.25) is 0 Å². The summed E-state index contributed by atoms with van der Waals surface area (Å²) in [5.41, 5.74) is 0.705. The van der Waals surface area contributed by atoms with Crippen molar-refractivity contribution < 1.29 is 13.9 Å². The lowest BCUT2D eigenvalue weighted by Gasteiger charge is -2.04.